The summed E-state index contributed by atoms with van der Waals surface area (Å²) in [7, 11) is 4.95. The molecule has 1 N–H and O–H groups in total. The third-order valence-corrected chi connectivity index (χ3v) is 5.97. The number of hydrogen-bond acceptors (Lipinski definition) is 6. The fourth-order valence-corrected chi connectivity index (χ4v) is 4.45. The number of aromatic amines is 1. The van der Waals surface area contributed by atoms with Gasteiger partial charge in [-0.2, -0.15) is 0 Å². The van der Waals surface area contributed by atoms with E-state index in [4.69, 9.17) is 19.2 Å². The van der Waals surface area contributed by atoms with Crippen molar-refractivity contribution in [2.24, 2.45) is 0 Å². The lowest BCUT2D eigenvalue weighted by atomic mass is 10.1. The number of aromatic nitrogens is 4. The number of nitrogens with one attached hydrogen (secondary N) is 1. The van der Waals surface area contributed by atoms with Gasteiger partial charge in [-0.15, -0.1) is 0 Å². The molecule has 0 aliphatic rings. The third kappa shape index (κ3) is 2.80. The maximum Gasteiger partial charge on any atom is 0.196 e. The van der Waals surface area contributed by atoms with Gasteiger partial charge in [-0.3, -0.25) is 4.57 Å². The van der Waals surface area contributed by atoms with Crippen molar-refractivity contribution >= 4 is 32.5 Å². The molecule has 8 heteroatoms. The van der Waals surface area contributed by atoms with Gasteiger partial charge in [0.05, 0.1) is 43.4 Å². The molecular weight excluding hydrogens is 388 g/mol. The average Bonchev–Trinajstić information content (AvgIpc) is 3.48. The minimum Gasteiger partial charge on any atom is -0.497 e. The summed E-state index contributed by atoms with van der Waals surface area (Å²) in [6.45, 7) is 0. The Morgan fingerprint density at radius 2 is 1.86 bits per heavy atom. The molecule has 5 aromatic rings. The fourth-order valence-electron chi connectivity index (χ4n) is 3.42. The van der Waals surface area contributed by atoms with Crippen LogP contribution in [0.2, 0.25) is 0 Å². The Morgan fingerprint density at radius 3 is 2.66 bits per heavy atom. The average molecular weight is 406 g/mol. The first-order valence-corrected chi connectivity index (χ1v) is 9.74. The van der Waals surface area contributed by atoms with Crippen molar-refractivity contribution in [2.45, 2.75) is 0 Å². The number of methoxy groups -OCH3 is 3. The fraction of sp³-hybridized carbons (Fsp3) is 0.143. The third-order valence-electron chi connectivity index (χ3n) is 4.88. The van der Waals surface area contributed by atoms with E-state index in [1.807, 2.05) is 47.3 Å². The monoisotopic (exact) mass is 406 g/mol. The molecule has 0 radical (unpaired) electrons. The van der Waals surface area contributed by atoms with Gasteiger partial charge in [-0.05, 0) is 18.2 Å². The molecule has 29 heavy (non-hydrogen) atoms. The number of benzene rings is 2. The molecule has 7 nitrogen and oxygen atoms in total. The molecule has 3 heterocycles. The number of ether oxygens (including phenoxy) is 3. The molecule has 0 atom stereocenters. The Hall–Kier alpha value is -3.52. The number of imidazole rings is 1. The van der Waals surface area contributed by atoms with Crippen LogP contribution in [0.3, 0.4) is 0 Å². The molecular formula is C21H18N4O3S. The summed E-state index contributed by atoms with van der Waals surface area (Å²) in [6.07, 6.45) is 5.59. The molecule has 3 aromatic heterocycles. The first-order chi connectivity index (χ1) is 14.2. The van der Waals surface area contributed by atoms with Crippen LogP contribution >= 0.6 is 11.3 Å². The van der Waals surface area contributed by atoms with Crippen LogP contribution in [0.4, 0.5) is 0 Å². The van der Waals surface area contributed by atoms with Crippen molar-refractivity contribution < 1.29 is 14.2 Å². The van der Waals surface area contributed by atoms with Crippen LogP contribution in [0, 0.1) is 0 Å². The number of rotatable bonds is 5. The highest BCUT2D eigenvalue weighted by atomic mass is 32.1. The number of hydrogen-bond donors (Lipinski definition) is 1. The van der Waals surface area contributed by atoms with E-state index in [1.54, 1.807) is 39.0 Å². The standard InChI is InChI=1S/C21H18N4O3S/c1-26-12-4-5-16-14(6-12)15(9-23-16)18-10-22-11-25(18)21-24-17-7-13(27-2)8-19(28-3)20(17)29-21/h4-11,23H,1-3H3. The Morgan fingerprint density at radius 1 is 1.00 bits per heavy atom. The lowest BCUT2D eigenvalue weighted by Gasteiger charge is -2.04. The van der Waals surface area contributed by atoms with Gasteiger partial charge in [-0.1, -0.05) is 11.3 Å². The van der Waals surface area contributed by atoms with Crippen molar-refractivity contribution in [3.63, 3.8) is 0 Å². The first-order valence-electron chi connectivity index (χ1n) is 8.92. The van der Waals surface area contributed by atoms with Gasteiger partial charge in [0.25, 0.3) is 0 Å². The molecule has 2 aromatic carbocycles. The Kier molecular flexibility index (Phi) is 4.13. The second kappa shape index (κ2) is 6.82. The van der Waals surface area contributed by atoms with E-state index in [0.29, 0.717) is 5.75 Å². The summed E-state index contributed by atoms with van der Waals surface area (Å²) in [5.41, 5.74) is 3.82. The summed E-state index contributed by atoms with van der Waals surface area (Å²) in [4.78, 5) is 12.5. The van der Waals surface area contributed by atoms with Gasteiger partial charge >= 0.3 is 0 Å². The zero-order valence-electron chi connectivity index (χ0n) is 16.1. The molecule has 0 spiro atoms. The Labute approximate surface area is 170 Å². The van der Waals surface area contributed by atoms with Gasteiger partial charge in [0, 0.05) is 34.8 Å². The molecule has 0 fully saturated rings. The smallest absolute Gasteiger partial charge is 0.196 e. The summed E-state index contributed by atoms with van der Waals surface area (Å²) in [5, 5.41) is 1.86. The highest BCUT2D eigenvalue weighted by molar-refractivity contribution is 7.21. The quantitative estimate of drug-likeness (QED) is 0.460. The lowest BCUT2D eigenvalue weighted by molar-refractivity contribution is 0.398. The van der Waals surface area contributed by atoms with E-state index in [9.17, 15) is 0 Å². The van der Waals surface area contributed by atoms with Gasteiger partial charge in [-0.25, -0.2) is 9.97 Å². The van der Waals surface area contributed by atoms with E-state index in [-0.39, 0.29) is 0 Å². The van der Waals surface area contributed by atoms with Crippen LogP contribution < -0.4 is 14.2 Å². The summed E-state index contributed by atoms with van der Waals surface area (Å²) >= 11 is 1.55. The van der Waals surface area contributed by atoms with E-state index < -0.39 is 0 Å². The maximum atomic E-state index is 5.53. The van der Waals surface area contributed by atoms with Crippen LogP contribution in [0.25, 0.3) is 37.5 Å². The number of nitrogens with zero attached hydrogens (tertiary/aromatic N) is 3. The molecule has 0 unspecified atom stereocenters. The minimum absolute atomic E-state index is 0.709. The number of H-pyrrole nitrogens is 1. The van der Waals surface area contributed by atoms with E-state index in [2.05, 4.69) is 9.97 Å². The van der Waals surface area contributed by atoms with Crippen LogP contribution in [0.15, 0.2) is 49.1 Å². The van der Waals surface area contributed by atoms with Crippen molar-refractivity contribution in [1.82, 2.24) is 19.5 Å². The van der Waals surface area contributed by atoms with E-state index >= 15 is 0 Å². The predicted octanol–water partition coefficient (Wildman–Crippen LogP) is 4.66. The highest BCUT2D eigenvalue weighted by Gasteiger charge is 2.17. The van der Waals surface area contributed by atoms with Crippen molar-refractivity contribution in [3.05, 3.63) is 49.1 Å². The Bertz CT molecular complexity index is 1330. The van der Waals surface area contributed by atoms with Crippen LogP contribution in [0.5, 0.6) is 17.2 Å². The maximum absolute atomic E-state index is 5.53. The van der Waals surface area contributed by atoms with E-state index in [1.165, 1.54) is 0 Å². The molecule has 0 aliphatic carbocycles. The molecule has 5 rings (SSSR count). The predicted molar refractivity (Wildman–Crippen MR) is 114 cm³/mol. The highest BCUT2D eigenvalue weighted by Crippen LogP contribution is 2.38. The lowest BCUT2D eigenvalue weighted by Crippen LogP contribution is -1.93. The molecule has 0 amide bonds. The first kappa shape index (κ1) is 17.6. The number of thiazole rings is 1. The minimum atomic E-state index is 0.709. The normalized spacial score (nSPS) is 11.3. The van der Waals surface area contributed by atoms with Gasteiger partial charge in [0.1, 0.15) is 23.6 Å². The summed E-state index contributed by atoms with van der Waals surface area (Å²) < 4.78 is 19.2. The molecule has 0 saturated heterocycles. The van der Waals surface area contributed by atoms with Crippen molar-refractivity contribution in [1.29, 1.82) is 0 Å². The number of fused-ring (bicyclic) bond motifs is 2. The Balaban J connectivity index is 1.68. The molecule has 0 bridgehead atoms. The second-order valence-corrected chi connectivity index (χ2v) is 7.41. The van der Waals surface area contributed by atoms with Gasteiger partial charge < -0.3 is 19.2 Å². The SMILES string of the molecule is COc1cc(OC)c2sc(-n3cncc3-c3c[nH]c4ccc(OC)cc34)nc2c1. The van der Waals surface area contributed by atoms with Crippen LogP contribution in [-0.2, 0) is 0 Å². The zero-order chi connectivity index (χ0) is 20.0. The van der Waals surface area contributed by atoms with Crippen molar-refractivity contribution in [2.75, 3.05) is 21.3 Å². The second-order valence-electron chi connectivity index (χ2n) is 6.44. The molecule has 0 aliphatic heterocycles. The zero-order valence-corrected chi connectivity index (χ0v) is 16.9. The van der Waals surface area contributed by atoms with Gasteiger partial charge in [0.2, 0.25) is 0 Å². The summed E-state index contributed by atoms with van der Waals surface area (Å²) in [6, 6.07) is 9.74. The summed E-state index contributed by atoms with van der Waals surface area (Å²) in [5.74, 6) is 2.25. The molecule has 146 valence electrons. The topological polar surface area (TPSA) is 74.2 Å². The van der Waals surface area contributed by atoms with Crippen LogP contribution in [-0.4, -0.2) is 40.8 Å². The van der Waals surface area contributed by atoms with Crippen molar-refractivity contribution in [3.8, 4) is 33.6 Å². The van der Waals surface area contributed by atoms with E-state index in [0.717, 1.165) is 49.0 Å². The van der Waals surface area contributed by atoms with Crippen LogP contribution in [0.1, 0.15) is 0 Å². The van der Waals surface area contributed by atoms with Gasteiger partial charge in [0.15, 0.2) is 5.13 Å². The molecule has 0 saturated carbocycles. The largest absolute Gasteiger partial charge is 0.497 e.